The largest absolute Gasteiger partial charge is 0.354 e. The number of thiazole rings is 1. The van der Waals surface area contributed by atoms with Gasteiger partial charge in [0.15, 0.2) is 0 Å². The number of amides is 4. The number of aryl methyl sites for hydroxylation is 2. The molecule has 0 aliphatic carbocycles. The van der Waals surface area contributed by atoms with Crippen molar-refractivity contribution in [2.24, 2.45) is 13.0 Å². The first-order valence-corrected chi connectivity index (χ1v) is 16.6. The highest BCUT2D eigenvalue weighted by molar-refractivity contribution is 7.09. The first kappa shape index (κ1) is 34.2. The van der Waals surface area contributed by atoms with E-state index in [1.165, 1.54) is 24.5 Å². The number of fused-ring (bicyclic) bond motifs is 3. The molecule has 252 valence electrons. The van der Waals surface area contributed by atoms with Crippen molar-refractivity contribution in [3.8, 4) is 0 Å². The summed E-state index contributed by atoms with van der Waals surface area (Å²) in [5.41, 5.74) is -0.0114. The molecule has 0 saturated heterocycles. The van der Waals surface area contributed by atoms with Crippen molar-refractivity contribution >= 4 is 46.0 Å². The molecule has 4 heterocycles. The maximum atomic E-state index is 13.8. The topological polar surface area (TPSA) is 197 Å². The van der Waals surface area contributed by atoms with E-state index in [0.29, 0.717) is 23.5 Å². The van der Waals surface area contributed by atoms with Crippen LogP contribution in [0, 0.1) is 12.8 Å². The molecule has 0 radical (unpaired) electrons. The summed E-state index contributed by atoms with van der Waals surface area (Å²) in [7, 11) is 1.44. The lowest BCUT2D eigenvalue weighted by atomic mass is 10.0. The number of carbonyl (C=O) groups excluding carboxylic acids is 4. The van der Waals surface area contributed by atoms with Crippen molar-refractivity contribution in [1.82, 2.24) is 40.8 Å². The maximum Gasteiger partial charge on any atom is 0.329 e. The van der Waals surface area contributed by atoms with E-state index in [0.717, 1.165) is 10.1 Å². The molecular weight excluding hydrogens is 636 g/mol. The third-order valence-corrected chi connectivity index (χ3v) is 9.10. The summed E-state index contributed by atoms with van der Waals surface area (Å²) in [5, 5.41) is 13.5. The third-order valence-electron chi connectivity index (χ3n) is 8.17. The minimum atomic E-state index is -1.02. The Hall–Kier alpha value is -5.18. The number of pyridine rings is 1. The second kappa shape index (κ2) is 14.7. The SMILES string of the molecule is Cc1cc(C(=O)N[C@H]2CCCCNC(=O)[C@@H](Cc3ccccc3)NC(=O)c3csc(n3)[C@@H](C(C)C)NC2=O)c2c(=O)[nH]c(=O)n(C)c2n1. The van der Waals surface area contributed by atoms with Crippen molar-refractivity contribution in [3.05, 3.63) is 90.1 Å². The average Bonchev–Trinajstić information content (AvgIpc) is 3.54. The number of carbonyl (C=O) groups is 4. The fourth-order valence-corrected chi connectivity index (χ4v) is 6.57. The van der Waals surface area contributed by atoms with Crippen LogP contribution in [0.4, 0.5) is 0 Å². The summed E-state index contributed by atoms with van der Waals surface area (Å²) in [4.78, 5) is 90.2. The molecule has 1 aliphatic rings. The van der Waals surface area contributed by atoms with Crippen LogP contribution in [0.25, 0.3) is 11.0 Å². The van der Waals surface area contributed by atoms with Gasteiger partial charge in [0, 0.05) is 31.1 Å². The zero-order valence-electron chi connectivity index (χ0n) is 27.1. The number of aromatic nitrogens is 4. The predicted molar refractivity (Wildman–Crippen MR) is 180 cm³/mol. The summed E-state index contributed by atoms with van der Waals surface area (Å²) in [5.74, 6) is -2.15. The number of nitrogens with zero attached hydrogens (tertiary/aromatic N) is 3. The van der Waals surface area contributed by atoms with Crippen LogP contribution in [0.1, 0.15) is 76.3 Å². The van der Waals surface area contributed by atoms with Gasteiger partial charge in [0.05, 0.1) is 17.0 Å². The van der Waals surface area contributed by atoms with Crippen molar-refractivity contribution in [3.63, 3.8) is 0 Å². The van der Waals surface area contributed by atoms with Crippen LogP contribution in [0.3, 0.4) is 0 Å². The summed E-state index contributed by atoms with van der Waals surface area (Å²) < 4.78 is 1.15. The molecule has 0 saturated carbocycles. The summed E-state index contributed by atoms with van der Waals surface area (Å²) in [6.45, 7) is 5.71. The lowest BCUT2D eigenvalue weighted by molar-refractivity contribution is -0.124. The Kier molecular flexibility index (Phi) is 10.5. The average molecular weight is 675 g/mol. The lowest BCUT2D eigenvalue weighted by Crippen LogP contribution is -2.49. The van der Waals surface area contributed by atoms with E-state index in [1.807, 2.05) is 44.2 Å². The van der Waals surface area contributed by atoms with Crippen LogP contribution < -0.4 is 32.5 Å². The van der Waals surface area contributed by atoms with E-state index in [4.69, 9.17) is 0 Å². The van der Waals surface area contributed by atoms with E-state index >= 15 is 0 Å². The van der Waals surface area contributed by atoms with Crippen molar-refractivity contribution < 1.29 is 19.2 Å². The van der Waals surface area contributed by atoms with Crippen LogP contribution in [0.2, 0.25) is 0 Å². The monoisotopic (exact) mass is 674 g/mol. The minimum absolute atomic E-state index is 0.0259. The van der Waals surface area contributed by atoms with Gasteiger partial charge in [0.2, 0.25) is 11.8 Å². The zero-order chi connectivity index (χ0) is 34.5. The molecule has 48 heavy (non-hydrogen) atoms. The highest BCUT2D eigenvalue weighted by Gasteiger charge is 2.30. The van der Waals surface area contributed by atoms with Crippen LogP contribution in [-0.2, 0) is 23.1 Å². The molecule has 0 spiro atoms. The molecule has 4 amide bonds. The molecule has 15 heteroatoms. The molecule has 4 aromatic rings. The van der Waals surface area contributed by atoms with E-state index in [-0.39, 0.29) is 53.5 Å². The molecule has 1 aliphatic heterocycles. The first-order valence-electron chi connectivity index (χ1n) is 15.7. The van der Waals surface area contributed by atoms with E-state index in [9.17, 15) is 28.8 Å². The summed E-state index contributed by atoms with van der Waals surface area (Å²) >= 11 is 1.21. The maximum absolute atomic E-state index is 13.8. The van der Waals surface area contributed by atoms with E-state index in [1.54, 1.807) is 12.3 Å². The highest BCUT2D eigenvalue weighted by Crippen LogP contribution is 2.26. The molecular formula is C33H38N8O6S. The van der Waals surface area contributed by atoms with Gasteiger partial charge in [-0.25, -0.2) is 14.8 Å². The molecule has 5 N–H and O–H groups in total. The van der Waals surface area contributed by atoms with Crippen molar-refractivity contribution in [2.45, 2.75) is 64.6 Å². The minimum Gasteiger partial charge on any atom is -0.354 e. The predicted octanol–water partition coefficient (Wildman–Crippen LogP) is 1.64. The summed E-state index contributed by atoms with van der Waals surface area (Å²) in [6, 6.07) is 8.37. The van der Waals surface area contributed by atoms with Gasteiger partial charge in [-0.05, 0) is 43.7 Å². The van der Waals surface area contributed by atoms with Gasteiger partial charge >= 0.3 is 5.69 Å². The zero-order valence-corrected chi connectivity index (χ0v) is 27.9. The highest BCUT2D eigenvalue weighted by atomic mass is 32.1. The van der Waals surface area contributed by atoms with Crippen molar-refractivity contribution in [2.75, 3.05) is 6.54 Å². The second-order valence-electron chi connectivity index (χ2n) is 12.2. The van der Waals surface area contributed by atoms with Gasteiger partial charge in [0.1, 0.15) is 28.4 Å². The molecule has 5 rings (SSSR count). The quantitative estimate of drug-likeness (QED) is 0.211. The Labute approximate surface area is 279 Å². The summed E-state index contributed by atoms with van der Waals surface area (Å²) in [6.07, 6.45) is 1.45. The van der Waals surface area contributed by atoms with Crippen LogP contribution in [0.5, 0.6) is 0 Å². The van der Waals surface area contributed by atoms with Gasteiger partial charge in [-0.3, -0.25) is 33.5 Å². The molecule has 3 atom stereocenters. The lowest BCUT2D eigenvalue weighted by Gasteiger charge is -2.25. The number of aromatic amines is 1. The first-order chi connectivity index (χ1) is 22.9. The Balaban J connectivity index is 1.44. The van der Waals surface area contributed by atoms with Crippen LogP contribution in [-0.4, -0.2) is 61.8 Å². The van der Waals surface area contributed by atoms with Crippen LogP contribution >= 0.6 is 11.3 Å². The Morgan fingerprint density at radius 1 is 1.04 bits per heavy atom. The Morgan fingerprint density at radius 2 is 1.79 bits per heavy atom. The van der Waals surface area contributed by atoms with E-state index < -0.39 is 47.1 Å². The number of hydrogen-bond acceptors (Lipinski definition) is 9. The van der Waals surface area contributed by atoms with Gasteiger partial charge in [-0.2, -0.15) is 0 Å². The molecule has 1 aromatic carbocycles. The number of H-pyrrole nitrogens is 1. The van der Waals surface area contributed by atoms with Crippen LogP contribution in [0.15, 0.2) is 51.4 Å². The molecule has 0 unspecified atom stereocenters. The molecule has 2 bridgehead atoms. The molecule has 0 fully saturated rings. The number of rotatable bonds is 5. The number of benzene rings is 1. The van der Waals surface area contributed by atoms with Gasteiger partial charge < -0.3 is 21.3 Å². The van der Waals surface area contributed by atoms with Gasteiger partial charge in [-0.1, -0.05) is 44.2 Å². The number of nitrogens with one attached hydrogen (secondary N) is 5. The van der Waals surface area contributed by atoms with Gasteiger partial charge in [0.25, 0.3) is 17.4 Å². The van der Waals surface area contributed by atoms with E-state index in [2.05, 4.69) is 36.2 Å². The molecule has 14 nitrogen and oxygen atoms in total. The second-order valence-corrected chi connectivity index (χ2v) is 13.0. The third kappa shape index (κ3) is 7.68. The Morgan fingerprint density at radius 3 is 2.52 bits per heavy atom. The Bertz CT molecular complexity index is 1970. The van der Waals surface area contributed by atoms with Gasteiger partial charge in [-0.15, -0.1) is 11.3 Å². The van der Waals surface area contributed by atoms with Crippen molar-refractivity contribution in [1.29, 1.82) is 0 Å². The normalized spacial score (nSPS) is 19.4. The standard InChI is InChI=1S/C33H38N8O6S/c1-17(2)25-32-38-23(16-48-32)30(45)37-22(15-19-10-6-5-7-11-19)28(43)34-13-9-8-12-21(29(44)39-25)36-27(42)20-14-18(3)35-26-24(20)31(46)40-33(47)41(26)4/h5-7,10-11,14,16-17,21-22,25H,8-9,12-13,15H2,1-4H3,(H,34,43)(H,36,42)(H,37,45)(H,39,44)(H,40,46,47)/t21-,22+,25+/m0/s1. The fourth-order valence-electron chi connectivity index (χ4n) is 5.55. The fraction of sp³-hybridized carbons (Fsp3) is 0.394. The number of hydrogen-bond donors (Lipinski definition) is 5. The smallest absolute Gasteiger partial charge is 0.329 e. The molecule has 3 aromatic heterocycles.